The second-order valence-corrected chi connectivity index (χ2v) is 7.53. The van der Waals surface area contributed by atoms with Gasteiger partial charge in [0, 0.05) is 25.7 Å². The summed E-state index contributed by atoms with van der Waals surface area (Å²) in [5.41, 5.74) is 0.409. The van der Waals surface area contributed by atoms with Gasteiger partial charge in [-0.15, -0.1) is 0 Å². The highest BCUT2D eigenvalue weighted by molar-refractivity contribution is 7.89. The number of nitrogens with one attached hydrogen (secondary N) is 1. The maximum absolute atomic E-state index is 13.0. The predicted molar refractivity (Wildman–Crippen MR) is 86.1 cm³/mol. The van der Waals surface area contributed by atoms with Gasteiger partial charge in [-0.1, -0.05) is 0 Å². The van der Waals surface area contributed by atoms with Gasteiger partial charge in [0.25, 0.3) is 0 Å². The number of hydrogen-bond donors (Lipinski definition) is 1. The first-order valence-corrected chi connectivity index (χ1v) is 8.79. The number of hydrogen-bond acceptors (Lipinski definition) is 5. The Morgan fingerprint density at radius 3 is 2.43 bits per heavy atom. The fourth-order valence-electron chi connectivity index (χ4n) is 2.63. The van der Waals surface area contributed by atoms with E-state index < -0.39 is 10.0 Å². The molecule has 1 fully saturated rings. The maximum atomic E-state index is 13.0. The molecule has 0 radical (unpaired) electrons. The summed E-state index contributed by atoms with van der Waals surface area (Å²) in [5.74, 6) is -0.0296. The van der Waals surface area contributed by atoms with Gasteiger partial charge in [-0.05, 0) is 32.0 Å². The lowest BCUT2D eigenvalue weighted by atomic mass is 10.3. The van der Waals surface area contributed by atoms with Crippen LogP contribution in [0.4, 0.5) is 5.69 Å². The molecule has 1 amide bonds. The van der Waals surface area contributed by atoms with Gasteiger partial charge in [0.05, 0.1) is 19.3 Å². The van der Waals surface area contributed by atoms with E-state index in [-0.39, 0.29) is 41.8 Å². The zero-order chi connectivity index (χ0) is 17.2. The van der Waals surface area contributed by atoms with Crippen molar-refractivity contribution in [3.63, 3.8) is 0 Å². The van der Waals surface area contributed by atoms with E-state index in [0.717, 1.165) is 0 Å². The number of nitrogens with zero attached hydrogens (tertiary/aromatic N) is 1. The molecule has 0 bridgehead atoms. The van der Waals surface area contributed by atoms with Gasteiger partial charge in [0.1, 0.15) is 10.6 Å². The number of anilines is 1. The van der Waals surface area contributed by atoms with Crippen molar-refractivity contribution in [3.05, 3.63) is 18.2 Å². The van der Waals surface area contributed by atoms with Crippen LogP contribution in [0.2, 0.25) is 0 Å². The summed E-state index contributed by atoms with van der Waals surface area (Å²) in [6, 6.07) is 4.55. The third-order valence-corrected chi connectivity index (χ3v) is 5.34. The van der Waals surface area contributed by atoms with Crippen LogP contribution in [0.15, 0.2) is 23.1 Å². The molecule has 1 aliphatic heterocycles. The molecule has 23 heavy (non-hydrogen) atoms. The number of morpholine rings is 1. The molecular formula is C15H22N2O5S. The summed E-state index contributed by atoms with van der Waals surface area (Å²) in [6.45, 7) is 5.59. The third-order valence-electron chi connectivity index (χ3n) is 3.49. The summed E-state index contributed by atoms with van der Waals surface area (Å²) in [6.07, 6.45) is -0.365. The van der Waals surface area contributed by atoms with Crippen molar-refractivity contribution in [1.29, 1.82) is 0 Å². The van der Waals surface area contributed by atoms with Crippen LogP contribution in [-0.4, -0.2) is 51.0 Å². The Morgan fingerprint density at radius 2 is 1.91 bits per heavy atom. The molecule has 0 aromatic heterocycles. The molecule has 1 saturated heterocycles. The van der Waals surface area contributed by atoms with Gasteiger partial charge < -0.3 is 14.8 Å². The van der Waals surface area contributed by atoms with Crippen LogP contribution in [-0.2, 0) is 19.6 Å². The van der Waals surface area contributed by atoms with E-state index in [4.69, 9.17) is 9.47 Å². The van der Waals surface area contributed by atoms with E-state index in [2.05, 4.69) is 5.32 Å². The molecule has 2 atom stereocenters. The number of amides is 1. The minimum Gasteiger partial charge on any atom is -0.495 e. The Kier molecular flexibility index (Phi) is 5.28. The lowest BCUT2D eigenvalue weighted by Gasteiger charge is -2.34. The first-order chi connectivity index (χ1) is 10.7. The van der Waals surface area contributed by atoms with Crippen LogP contribution in [0.1, 0.15) is 20.8 Å². The minimum atomic E-state index is -3.75. The van der Waals surface area contributed by atoms with Crippen molar-refractivity contribution >= 4 is 21.6 Å². The summed E-state index contributed by atoms with van der Waals surface area (Å²) in [7, 11) is -2.34. The fourth-order valence-corrected chi connectivity index (χ4v) is 4.40. The Labute approximate surface area is 136 Å². The van der Waals surface area contributed by atoms with E-state index in [1.807, 2.05) is 13.8 Å². The zero-order valence-corrected chi connectivity index (χ0v) is 14.5. The fraction of sp³-hybridized carbons (Fsp3) is 0.533. The highest BCUT2D eigenvalue weighted by Gasteiger charge is 2.34. The largest absolute Gasteiger partial charge is 0.495 e. The second-order valence-electron chi connectivity index (χ2n) is 5.63. The van der Waals surface area contributed by atoms with E-state index in [1.54, 1.807) is 6.07 Å². The second kappa shape index (κ2) is 6.86. The Balaban J connectivity index is 2.42. The van der Waals surface area contributed by atoms with Crippen molar-refractivity contribution in [2.45, 2.75) is 37.9 Å². The van der Waals surface area contributed by atoms with Gasteiger partial charge in [0.2, 0.25) is 15.9 Å². The number of carbonyl (C=O) groups is 1. The van der Waals surface area contributed by atoms with Crippen molar-refractivity contribution in [1.82, 2.24) is 4.31 Å². The summed E-state index contributed by atoms with van der Waals surface area (Å²) in [4.78, 5) is 11.2. The van der Waals surface area contributed by atoms with Crippen molar-refractivity contribution in [3.8, 4) is 5.75 Å². The van der Waals surface area contributed by atoms with E-state index in [9.17, 15) is 13.2 Å². The molecule has 1 aromatic carbocycles. The van der Waals surface area contributed by atoms with Crippen LogP contribution in [0.25, 0.3) is 0 Å². The Hall–Kier alpha value is -1.64. The van der Waals surface area contributed by atoms with Crippen molar-refractivity contribution < 1.29 is 22.7 Å². The van der Waals surface area contributed by atoms with Crippen molar-refractivity contribution in [2.24, 2.45) is 0 Å². The average Bonchev–Trinajstić information content (AvgIpc) is 2.45. The molecule has 8 heteroatoms. The molecule has 0 aliphatic carbocycles. The molecule has 2 rings (SSSR count). The number of benzene rings is 1. The number of rotatable bonds is 4. The minimum absolute atomic E-state index is 0.0348. The summed E-state index contributed by atoms with van der Waals surface area (Å²) in [5, 5.41) is 2.59. The monoisotopic (exact) mass is 342 g/mol. The average molecular weight is 342 g/mol. The molecule has 0 saturated carbocycles. The molecule has 1 aromatic rings. The predicted octanol–water partition coefficient (Wildman–Crippen LogP) is 1.45. The number of methoxy groups -OCH3 is 1. The standard InChI is InChI=1S/C15H22N2O5S/c1-10-8-17(9-11(2)22-10)23(19,20)15-7-13(16-12(3)18)5-6-14(15)21-4/h5-7,10-11H,8-9H2,1-4H3,(H,16,18)/t10-,11+. The molecule has 128 valence electrons. The van der Waals surface area contributed by atoms with Gasteiger partial charge >= 0.3 is 0 Å². The topological polar surface area (TPSA) is 84.9 Å². The van der Waals surface area contributed by atoms with Crippen LogP contribution >= 0.6 is 0 Å². The number of ether oxygens (including phenoxy) is 2. The molecule has 7 nitrogen and oxygen atoms in total. The quantitative estimate of drug-likeness (QED) is 0.895. The van der Waals surface area contributed by atoms with Crippen LogP contribution < -0.4 is 10.1 Å². The normalized spacial score (nSPS) is 22.6. The highest BCUT2D eigenvalue weighted by Crippen LogP contribution is 2.31. The molecule has 1 N–H and O–H groups in total. The third kappa shape index (κ3) is 4.01. The molecular weight excluding hydrogens is 320 g/mol. The van der Waals surface area contributed by atoms with Crippen LogP contribution in [0.3, 0.4) is 0 Å². The summed E-state index contributed by atoms with van der Waals surface area (Å²) < 4.78 is 38.1. The zero-order valence-electron chi connectivity index (χ0n) is 13.7. The van der Waals surface area contributed by atoms with Crippen molar-refractivity contribution in [2.75, 3.05) is 25.5 Å². The lowest BCUT2D eigenvalue weighted by molar-refractivity contribution is -0.114. The molecule has 0 unspecified atom stereocenters. The van der Waals surface area contributed by atoms with E-state index in [0.29, 0.717) is 5.69 Å². The Morgan fingerprint density at radius 1 is 1.30 bits per heavy atom. The molecule has 1 aliphatic rings. The number of carbonyl (C=O) groups excluding carboxylic acids is 1. The van der Waals surface area contributed by atoms with E-state index >= 15 is 0 Å². The molecule has 1 heterocycles. The Bertz CT molecular complexity index is 679. The van der Waals surface area contributed by atoms with Gasteiger partial charge in [-0.2, -0.15) is 4.31 Å². The summed E-state index contributed by atoms with van der Waals surface area (Å²) >= 11 is 0. The smallest absolute Gasteiger partial charge is 0.247 e. The van der Waals surface area contributed by atoms with Gasteiger partial charge in [-0.3, -0.25) is 4.79 Å². The number of sulfonamides is 1. The van der Waals surface area contributed by atoms with Crippen LogP contribution in [0, 0.1) is 0 Å². The van der Waals surface area contributed by atoms with Crippen LogP contribution in [0.5, 0.6) is 5.75 Å². The van der Waals surface area contributed by atoms with Gasteiger partial charge in [-0.25, -0.2) is 8.42 Å². The van der Waals surface area contributed by atoms with E-state index in [1.165, 1.54) is 30.5 Å². The molecule has 0 spiro atoms. The highest BCUT2D eigenvalue weighted by atomic mass is 32.2. The maximum Gasteiger partial charge on any atom is 0.247 e. The first-order valence-electron chi connectivity index (χ1n) is 7.35. The van der Waals surface area contributed by atoms with Gasteiger partial charge in [0.15, 0.2) is 0 Å². The first kappa shape index (κ1) is 17.7. The SMILES string of the molecule is COc1ccc(NC(C)=O)cc1S(=O)(=O)N1C[C@@H](C)O[C@@H](C)C1. The lowest BCUT2D eigenvalue weighted by Crippen LogP contribution is -2.48.